The van der Waals surface area contributed by atoms with Crippen LogP contribution >= 0.6 is 11.3 Å². The number of aliphatic hydroxyl groups excluding tert-OH is 1. The molecule has 1 aromatic rings. The summed E-state index contributed by atoms with van der Waals surface area (Å²) >= 11 is 0.851. The maximum absolute atomic E-state index is 12.5. The smallest absolute Gasteiger partial charge is 0.393 e. The monoisotopic (exact) mass is 322 g/mol. The Morgan fingerprint density at radius 1 is 1.62 bits per heavy atom. The minimum atomic E-state index is -4.47. The summed E-state index contributed by atoms with van der Waals surface area (Å²) in [7, 11) is 0. The van der Waals surface area contributed by atoms with Crippen LogP contribution in [0.25, 0.3) is 0 Å². The van der Waals surface area contributed by atoms with Crippen LogP contribution in [-0.4, -0.2) is 39.6 Å². The molecule has 0 spiro atoms. The van der Waals surface area contributed by atoms with E-state index >= 15 is 0 Å². The topological polar surface area (TPSA) is 53.4 Å². The third kappa shape index (κ3) is 4.16. The number of rotatable bonds is 4. The van der Waals surface area contributed by atoms with Crippen molar-refractivity contribution in [2.45, 2.75) is 50.9 Å². The van der Waals surface area contributed by atoms with Crippen molar-refractivity contribution in [2.24, 2.45) is 0 Å². The minimum absolute atomic E-state index is 0.0282. The fourth-order valence-corrected chi connectivity index (χ4v) is 3.35. The van der Waals surface area contributed by atoms with Crippen LogP contribution in [0.1, 0.15) is 36.9 Å². The molecule has 1 N–H and O–H groups in total. The summed E-state index contributed by atoms with van der Waals surface area (Å²) in [5.41, 5.74) is -0.947. The van der Waals surface area contributed by atoms with E-state index in [-0.39, 0.29) is 23.4 Å². The molecule has 0 aromatic carbocycles. The second-order valence-electron chi connectivity index (χ2n) is 5.27. The first-order chi connectivity index (χ1) is 9.77. The Bertz CT molecular complexity index is 502. The molecule has 2 unspecified atom stereocenters. The minimum Gasteiger partial charge on any atom is -0.393 e. The van der Waals surface area contributed by atoms with Gasteiger partial charge in [-0.25, -0.2) is 4.98 Å². The molecule has 1 aliphatic rings. The number of amides is 1. The first-order valence-electron chi connectivity index (χ1n) is 6.76. The third-order valence-electron chi connectivity index (χ3n) is 3.46. The van der Waals surface area contributed by atoms with Crippen molar-refractivity contribution in [3.8, 4) is 0 Å². The molecular weight excluding hydrogens is 305 g/mol. The van der Waals surface area contributed by atoms with Crippen molar-refractivity contribution in [1.82, 2.24) is 9.88 Å². The second-order valence-corrected chi connectivity index (χ2v) is 6.21. The van der Waals surface area contributed by atoms with Gasteiger partial charge in [0, 0.05) is 18.0 Å². The van der Waals surface area contributed by atoms with E-state index in [1.807, 2.05) is 0 Å². The van der Waals surface area contributed by atoms with Gasteiger partial charge in [-0.2, -0.15) is 13.2 Å². The number of carbonyl (C=O) groups is 1. The van der Waals surface area contributed by atoms with Gasteiger partial charge in [0.1, 0.15) is 5.01 Å². The SMILES string of the molecule is CC(O)CC1CCCN1C(=O)Cc1nc(C(F)(F)F)cs1. The van der Waals surface area contributed by atoms with Crippen molar-refractivity contribution in [3.05, 3.63) is 16.1 Å². The lowest BCUT2D eigenvalue weighted by atomic mass is 10.1. The van der Waals surface area contributed by atoms with Gasteiger partial charge in [0.25, 0.3) is 0 Å². The van der Waals surface area contributed by atoms with Gasteiger partial charge in [-0.1, -0.05) is 0 Å². The van der Waals surface area contributed by atoms with E-state index in [0.717, 1.165) is 29.6 Å². The lowest BCUT2D eigenvalue weighted by molar-refractivity contribution is -0.141. The van der Waals surface area contributed by atoms with E-state index in [4.69, 9.17) is 0 Å². The zero-order chi connectivity index (χ0) is 15.6. The zero-order valence-corrected chi connectivity index (χ0v) is 12.4. The van der Waals surface area contributed by atoms with Gasteiger partial charge < -0.3 is 10.0 Å². The fraction of sp³-hybridized carbons (Fsp3) is 0.692. The van der Waals surface area contributed by atoms with Crippen LogP contribution in [-0.2, 0) is 17.4 Å². The second kappa shape index (κ2) is 6.31. The average Bonchev–Trinajstić information content (AvgIpc) is 2.96. The lowest BCUT2D eigenvalue weighted by Crippen LogP contribution is -2.38. The number of hydrogen-bond acceptors (Lipinski definition) is 4. The number of nitrogens with zero attached hydrogens (tertiary/aromatic N) is 2. The number of aromatic nitrogens is 1. The molecule has 8 heteroatoms. The largest absolute Gasteiger partial charge is 0.434 e. The summed E-state index contributed by atoms with van der Waals surface area (Å²) < 4.78 is 37.4. The van der Waals surface area contributed by atoms with Crippen LogP contribution in [0, 0.1) is 0 Å². The van der Waals surface area contributed by atoms with E-state index in [1.165, 1.54) is 0 Å². The Hall–Kier alpha value is -1.15. The van der Waals surface area contributed by atoms with Crippen LogP contribution < -0.4 is 0 Å². The number of halogens is 3. The van der Waals surface area contributed by atoms with Crippen molar-refractivity contribution in [2.75, 3.05) is 6.54 Å². The predicted molar refractivity (Wildman–Crippen MR) is 71.9 cm³/mol. The summed E-state index contributed by atoms with van der Waals surface area (Å²) in [5, 5.41) is 10.5. The molecule has 1 saturated heterocycles. The Labute approximate surface area is 124 Å². The molecular formula is C13H17F3N2O2S. The van der Waals surface area contributed by atoms with Gasteiger partial charge in [-0.05, 0) is 26.2 Å². The van der Waals surface area contributed by atoms with Gasteiger partial charge in [0.05, 0.1) is 12.5 Å². The van der Waals surface area contributed by atoms with Crippen LogP contribution in [0.2, 0.25) is 0 Å². The van der Waals surface area contributed by atoms with Crippen LogP contribution in [0.5, 0.6) is 0 Å². The number of thiazole rings is 1. The van der Waals surface area contributed by atoms with Crippen LogP contribution in [0.15, 0.2) is 5.38 Å². The van der Waals surface area contributed by atoms with Crippen molar-refractivity contribution in [1.29, 1.82) is 0 Å². The lowest BCUT2D eigenvalue weighted by Gasteiger charge is -2.25. The number of carbonyl (C=O) groups excluding carboxylic acids is 1. The summed E-state index contributed by atoms with van der Waals surface area (Å²) in [4.78, 5) is 17.3. The maximum atomic E-state index is 12.5. The van der Waals surface area contributed by atoms with E-state index < -0.39 is 18.0 Å². The highest BCUT2D eigenvalue weighted by atomic mass is 32.1. The maximum Gasteiger partial charge on any atom is 0.434 e. The highest BCUT2D eigenvalue weighted by Crippen LogP contribution is 2.30. The standard InChI is InChI=1S/C13H17F3N2O2S/c1-8(19)5-9-3-2-4-18(9)12(20)6-11-17-10(7-21-11)13(14,15)16/h7-9,19H,2-6H2,1H3. The highest BCUT2D eigenvalue weighted by molar-refractivity contribution is 7.09. The highest BCUT2D eigenvalue weighted by Gasteiger charge is 2.34. The first-order valence-corrected chi connectivity index (χ1v) is 7.64. The fourth-order valence-electron chi connectivity index (χ4n) is 2.56. The number of hydrogen-bond donors (Lipinski definition) is 1. The molecule has 2 atom stereocenters. The quantitative estimate of drug-likeness (QED) is 0.926. The molecule has 21 heavy (non-hydrogen) atoms. The first kappa shape index (κ1) is 16.2. The van der Waals surface area contributed by atoms with E-state index in [0.29, 0.717) is 13.0 Å². The Morgan fingerprint density at radius 3 is 2.90 bits per heavy atom. The third-order valence-corrected chi connectivity index (χ3v) is 4.30. The van der Waals surface area contributed by atoms with E-state index in [2.05, 4.69) is 4.98 Å². The normalized spacial score (nSPS) is 20.8. The van der Waals surface area contributed by atoms with Crippen molar-refractivity contribution < 1.29 is 23.1 Å². The van der Waals surface area contributed by atoms with Gasteiger partial charge >= 0.3 is 6.18 Å². The molecule has 0 radical (unpaired) electrons. The molecule has 0 saturated carbocycles. The van der Waals surface area contributed by atoms with E-state index in [9.17, 15) is 23.1 Å². The zero-order valence-electron chi connectivity index (χ0n) is 11.6. The Kier molecular flexibility index (Phi) is 4.88. The molecule has 0 bridgehead atoms. The Balaban J connectivity index is 1.99. The molecule has 2 rings (SSSR count). The molecule has 0 aliphatic carbocycles. The summed E-state index contributed by atoms with van der Waals surface area (Å²) in [6.45, 7) is 2.26. The van der Waals surface area contributed by atoms with Crippen molar-refractivity contribution >= 4 is 17.2 Å². The molecule has 4 nitrogen and oxygen atoms in total. The van der Waals surface area contributed by atoms with Gasteiger partial charge in [-0.15, -0.1) is 11.3 Å². The molecule has 1 fully saturated rings. The van der Waals surface area contributed by atoms with Crippen LogP contribution in [0.3, 0.4) is 0 Å². The molecule has 1 amide bonds. The van der Waals surface area contributed by atoms with Crippen LogP contribution in [0.4, 0.5) is 13.2 Å². The predicted octanol–water partition coefficient (Wildman–Crippen LogP) is 2.47. The molecule has 118 valence electrons. The molecule has 1 aromatic heterocycles. The van der Waals surface area contributed by atoms with Gasteiger partial charge in [0.15, 0.2) is 5.69 Å². The van der Waals surface area contributed by atoms with E-state index in [1.54, 1.807) is 11.8 Å². The van der Waals surface area contributed by atoms with Crippen molar-refractivity contribution in [3.63, 3.8) is 0 Å². The summed E-state index contributed by atoms with van der Waals surface area (Å²) in [5.74, 6) is -0.221. The Morgan fingerprint density at radius 2 is 2.33 bits per heavy atom. The van der Waals surface area contributed by atoms with Gasteiger partial charge in [0.2, 0.25) is 5.91 Å². The van der Waals surface area contributed by atoms with Gasteiger partial charge in [-0.3, -0.25) is 4.79 Å². The average molecular weight is 322 g/mol. The number of aliphatic hydroxyl groups is 1. The molecule has 1 aliphatic heterocycles. The summed E-state index contributed by atoms with van der Waals surface area (Å²) in [6, 6.07) is -0.0282. The number of alkyl halides is 3. The molecule has 2 heterocycles. The number of likely N-dealkylation sites (tertiary alicyclic amines) is 1. The summed E-state index contributed by atoms with van der Waals surface area (Å²) in [6.07, 6.45) is -2.91.